The Morgan fingerprint density at radius 2 is 2.00 bits per heavy atom. The van der Waals surface area contributed by atoms with Gasteiger partial charge in [-0.1, -0.05) is 30.3 Å². The van der Waals surface area contributed by atoms with E-state index in [4.69, 9.17) is 5.84 Å². The lowest BCUT2D eigenvalue weighted by atomic mass is 9.99. The van der Waals surface area contributed by atoms with E-state index < -0.39 is 6.09 Å². The molecule has 3 aromatic heterocycles. The number of hydrogen-bond acceptors (Lipinski definition) is 6. The van der Waals surface area contributed by atoms with Crippen molar-refractivity contribution in [1.82, 2.24) is 20.0 Å². The first-order valence-electron chi connectivity index (χ1n) is 11.3. The average molecular weight is 472 g/mol. The van der Waals surface area contributed by atoms with Crippen molar-refractivity contribution in [3.05, 3.63) is 72.8 Å². The maximum atomic E-state index is 12.9. The molecule has 1 aliphatic rings. The van der Waals surface area contributed by atoms with Crippen molar-refractivity contribution in [1.29, 1.82) is 0 Å². The first kappa shape index (κ1) is 22.4. The van der Waals surface area contributed by atoms with Crippen LogP contribution >= 0.6 is 0 Å². The van der Waals surface area contributed by atoms with Gasteiger partial charge in [0, 0.05) is 43.4 Å². The SMILES string of the molecule is NN(C(=O)O)[C@@H]1CCCN(c2c(-c3ccccc3)cnc3[nH]cc(NC(=O)c4cccnc4)c23)C1. The number of rotatable bonds is 5. The number of piperidine rings is 1. The normalized spacial score (nSPS) is 15.7. The largest absolute Gasteiger partial charge is 0.464 e. The van der Waals surface area contributed by atoms with Crippen molar-refractivity contribution < 1.29 is 14.7 Å². The number of anilines is 2. The summed E-state index contributed by atoms with van der Waals surface area (Å²) in [5.74, 6) is 5.57. The van der Waals surface area contributed by atoms with Crippen molar-refractivity contribution >= 4 is 34.4 Å². The van der Waals surface area contributed by atoms with Crippen molar-refractivity contribution in [3.8, 4) is 11.1 Å². The van der Waals surface area contributed by atoms with Crippen LogP contribution in [0.2, 0.25) is 0 Å². The van der Waals surface area contributed by atoms with Crippen LogP contribution < -0.4 is 16.1 Å². The number of carbonyl (C=O) groups excluding carboxylic acids is 1. The Kier molecular flexibility index (Phi) is 6.02. The van der Waals surface area contributed by atoms with Crippen LogP contribution in [0.5, 0.6) is 0 Å². The molecule has 0 spiro atoms. The number of nitrogens with one attached hydrogen (secondary N) is 2. The van der Waals surface area contributed by atoms with E-state index in [1.165, 1.54) is 6.20 Å². The van der Waals surface area contributed by atoms with Gasteiger partial charge in [0.05, 0.1) is 28.4 Å². The van der Waals surface area contributed by atoms with Gasteiger partial charge in [-0.3, -0.25) is 9.78 Å². The Morgan fingerprint density at radius 3 is 2.74 bits per heavy atom. The molecule has 1 aromatic carbocycles. The predicted octanol–water partition coefficient (Wildman–Crippen LogP) is 3.70. The molecule has 5 N–H and O–H groups in total. The predicted molar refractivity (Wildman–Crippen MR) is 133 cm³/mol. The summed E-state index contributed by atoms with van der Waals surface area (Å²) in [6.45, 7) is 1.13. The fourth-order valence-corrected chi connectivity index (χ4v) is 4.57. The summed E-state index contributed by atoms with van der Waals surface area (Å²) < 4.78 is 0. The minimum Gasteiger partial charge on any atom is -0.464 e. The van der Waals surface area contributed by atoms with Crippen LogP contribution in [0.15, 0.2) is 67.3 Å². The Hall–Kier alpha value is -4.44. The van der Waals surface area contributed by atoms with Gasteiger partial charge in [0.2, 0.25) is 0 Å². The van der Waals surface area contributed by atoms with E-state index in [0.29, 0.717) is 36.4 Å². The van der Waals surface area contributed by atoms with Crippen LogP contribution in [0.25, 0.3) is 22.2 Å². The number of pyridine rings is 2. The molecule has 4 aromatic rings. The molecule has 35 heavy (non-hydrogen) atoms. The highest BCUT2D eigenvalue weighted by molar-refractivity contribution is 6.13. The summed E-state index contributed by atoms with van der Waals surface area (Å²) in [4.78, 5) is 38.4. The molecule has 0 aliphatic carbocycles. The van der Waals surface area contributed by atoms with Crippen LogP contribution in [0.1, 0.15) is 23.2 Å². The molecule has 1 aliphatic heterocycles. The molecule has 1 fully saturated rings. The molecule has 0 radical (unpaired) electrons. The summed E-state index contributed by atoms with van der Waals surface area (Å²) in [6, 6.07) is 12.9. The van der Waals surface area contributed by atoms with Crippen LogP contribution in [-0.2, 0) is 0 Å². The fraction of sp³-hybridized carbons (Fsp3) is 0.200. The minimum absolute atomic E-state index is 0.286. The first-order chi connectivity index (χ1) is 17.0. The van der Waals surface area contributed by atoms with E-state index >= 15 is 0 Å². The molecule has 2 amide bonds. The number of nitrogens with two attached hydrogens (primary N) is 1. The second-order valence-electron chi connectivity index (χ2n) is 8.44. The third kappa shape index (κ3) is 4.38. The first-order valence-corrected chi connectivity index (χ1v) is 11.3. The Labute approximate surface area is 201 Å². The summed E-state index contributed by atoms with van der Waals surface area (Å²) in [5.41, 5.74) is 4.35. The van der Waals surface area contributed by atoms with Crippen molar-refractivity contribution in [2.45, 2.75) is 18.9 Å². The Morgan fingerprint density at radius 1 is 1.17 bits per heavy atom. The van der Waals surface area contributed by atoms with E-state index in [1.54, 1.807) is 30.7 Å². The fourth-order valence-electron chi connectivity index (χ4n) is 4.57. The molecule has 10 nitrogen and oxygen atoms in total. The van der Waals surface area contributed by atoms with E-state index in [2.05, 4.69) is 25.2 Å². The van der Waals surface area contributed by atoms with E-state index in [-0.39, 0.29) is 11.9 Å². The summed E-state index contributed by atoms with van der Waals surface area (Å²) >= 11 is 0. The molecule has 0 unspecified atom stereocenters. The molecular weight excluding hydrogens is 446 g/mol. The number of hydrazine groups is 1. The van der Waals surface area contributed by atoms with Gasteiger partial charge in [-0.2, -0.15) is 0 Å². The monoisotopic (exact) mass is 471 g/mol. The Bertz CT molecular complexity index is 1360. The number of amides is 2. The quantitative estimate of drug-likeness (QED) is 0.198. The highest BCUT2D eigenvalue weighted by atomic mass is 16.4. The third-order valence-electron chi connectivity index (χ3n) is 6.26. The third-order valence-corrected chi connectivity index (χ3v) is 6.26. The van der Waals surface area contributed by atoms with E-state index in [1.807, 2.05) is 30.3 Å². The highest BCUT2D eigenvalue weighted by Crippen LogP contribution is 2.41. The van der Waals surface area contributed by atoms with Crippen molar-refractivity contribution in [3.63, 3.8) is 0 Å². The molecule has 10 heteroatoms. The zero-order valence-electron chi connectivity index (χ0n) is 18.9. The molecule has 1 atom stereocenters. The van der Waals surface area contributed by atoms with E-state index in [9.17, 15) is 14.7 Å². The van der Waals surface area contributed by atoms with Gasteiger partial charge in [0.25, 0.3) is 5.91 Å². The molecular formula is C25H25N7O3. The minimum atomic E-state index is -1.16. The van der Waals surface area contributed by atoms with Gasteiger partial charge < -0.3 is 20.3 Å². The van der Waals surface area contributed by atoms with Gasteiger partial charge in [0.15, 0.2) is 0 Å². The van der Waals surface area contributed by atoms with Crippen LogP contribution in [0.3, 0.4) is 0 Å². The van der Waals surface area contributed by atoms with Crippen LogP contribution in [-0.4, -0.2) is 56.2 Å². The lowest BCUT2D eigenvalue weighted by Gasteiger charge is -2.38. The number of aromatic nitrogens is 3. The lowest BCUT2D eigenvalue weighted by Crippen LogP contribution is -2.53. The maximum Gasteiger partial charge on any atom is 0.421 e. The van der Waals surface area contributed by atoms with Gasteiger partial charge in [0.1, 0.15) is 5.65 Å². The topological polar surface area (TPSA) is 140 Å². The summed E-state index contributed by atoms with van der Waals surface area (Å²) in [6.07, 6.45) is 6.93. The maximum absolute atomic E-state index is 12.9. The van der Waals surface area contributed by atoms with Crippen molar-refractivity contribution in [2.75, 3.05) is 23.3 Å². The summed E-state index contributed by atoms with van der Waals surface area (Å²) in [5, 5.41) is 14.1. The second kappa shape index (κ2) is 9.43. The molecule has 5 rings (SSSR count). The number of aromatic amines is 1. The molecule has 178 valence electrons. The zero-order chi connectivity index (χ0) is 24.4. The molecule has 0 saturated carbocycles. The van der Waals surface area contributed by atoms with Crippen LogP contribution in [0.4, 0.5) is 16.2 Å². The molecule has 1 saturated heterocycles. The number of H-pyrrole nitrogens is 1. The standard InChI is InChI=1S/C25H25N7O3/c26-32(25(34)35)18-9-5-11-31(15-18)22-19(16-6-2-1-3-7-16)13-28-23-21(22)20(14-29-23)30-24(33)17-8-4-10-27-12-17/h1-4,6-8,10,12-14,18H,5,9,11,15,26H2,(H,28,29)(H,30,33)(H,34,35)/t18-/m1/s1. The van der Waals surface area contributed by atoms with E-state index in [0.717, 1.165) is 33.6 Å². The smallest absolute Gasteiger partial charge is 0.421 e. The number of nitrogens with zero attached hydrogens (tertiary/aromatic N) is 4. The number of benzene rings is 1. The lowest BCUT2D eigenvalue weighted by molar-refractivity contribution is 0.102. The second-order valence-corrected chi connectivity index (χ2v) is 8.44. The van der Waals surface area contributed by atoms with Gasteiger partial charge in [-0.05, 0) is 30.5 Å². The van der Waals surface area contributed by atoms with Gasteiger partial charge in [-0.15, -0.1) is 0 Å². The van der Waals surface area contributed by atoms with Gasteiger partial charge >= 0.3 is 6.09 Å². The number of carbonyl (C=O) groups is 2. The average Bonchev–Trinajstić information content (AvgIpc) is 3.31. The Balaban J connectivity index is 1.62. The van der Waals surface area contributed by atoms with Crippen LogP contribution in [0, 0.1) is 0 Å². The molecule has 4 heterocycles. The zero-order valence-corrected chi connectivity index (χ0v) is 18.9. The number of fused-ring (bicyclic) bond motifs is 1. The molecule has 0 bridgehead atoms. The van der Waals surface area contributed by atoms with Gasteiger partial charge in [-0.25, -0.2) is 20.6 Å². The highest BCUT2D eigenvalue weighted by Gasteiger charge is 2.30. The summed E-state index contributed by atoms with van der Waals surface area (Å²) in [7, 11) is 0. The number of carboxylic acid groups (broad SMARTS) is 1. The van der Waals surface area contributed by atoms with Crippen molar-refractivity contribution in [2.24, 2.45) is 5.84 Å². The number of hydrogen-bond donors (Lipinski definition) is 4.